The number of H-pyrrole nitrogens is 2. The summed E-state index contributed by atoms with van der Waals surface area (Å²) in [6, 6.07) is 12.2. The number of esters is 2. The van der Waals surface area contributed by atoms with Crippen molar-refractivity contribution in [2.75, 3.05) is 70.8 Å². The first kappa shape index (κ1) is 118. The highest BCUT2D eigenvalue weighted by atomic mass is 32.2. The number of fused-ring (bicyclic) bond motifs is 5. The molecule has 2 aliphatic rings. The highest BCUT2D eigenvalue weighted by Crippen LogP contribution is 2.34. The topological polar surface area (TPSA) is 537 Å². The first-order chi connectivity index (χ1) is 69.3. The van der Waals surface area contributed by atoms with Gasteiger partial charge in [-0.15, -0.1) is 0 Å². The number of hydrogen-bond acceptors (Lipinski definition) is 23. The number of halogens is 2. The van der Waals surface area contributed by atoms with Crippen LogP contribution in [0.15, 0.2) is 97.3 Å². The average Bonchev–Trinajstić information content (AvgIpc) is 1.61. The van der Waals surface area contributed by atoms with Gasteiger partial charge in [0.05, 0.1) is 32.3 Å². The first-order valence-electron chi connectivity index (χ1n) is 50.9. The van der Waals surface area contributed by atoms with E-state index >= 15 is 28.0 Å². The van der Waals surface area contributed by atoms with Gasteiger partial charge in [-0.3, -0.25) is 67.1 Å². The van der Waals surface area contributed by atoms with Crippen molar-refractivity contribution in [2.45, 2.75) is 311 Å². The molecule has 0 spiro atoms. The molecule has 6 aromatic rings. The van der Waals surface area contributed by atoms with Crippen LogP contribution in [0.25, 0.3) is 21.8 Å². The Morgan fingerprint density at radius 1 is 0.576 bits per heavy atom. The minimum Gasteiger partial charge on any atom is -0.508 e. The van der Waals surface area contributed by atoms with Gasteiger partial charge >= 0.3 is 23.9 Å². The van der Waals surface area contributed by atoms with E-state index in [4.69, 9.17) is 30.4 Å². The van der Waals surface area contributed by atoms with Crippen LogP contribution >= 0.6 is 23.5 Å². The van der Waals surface area contributed by atoms with Crippen LogP contribution in [-0.4, -0.2) is 238 Å². The molecule has 1 saturated heterocycles. The number of phenolic OH excluding ortho intramolecular Hbond substituents is 1. The van der Waals surface area contributed by atoms with Crippen molar-refractivity contribution in [1.29, 1.82) is 0 Å². The zero-order valence-electron chi connectivity index (χ0n) is 83.4. The number of ketones is 1. The normalized spacial score (nSPS) is 20.1. The number of carboxylic acid groups (broad SMARTS) is 2. The summed E-state index contributed by atoms with van der Waals surface area (Å²) in [7, 11) is 0. The van der Waals surface area contributed by atoms with Crippen LogP contribution in [0.2, 0.25) is 0 Å². The molecule has 39 heteroatoms. The third-order valence-electron chi connectivity index (χ3n) is 26.0. The van der Waals surface area contributed by atoms with Crippen LogP contribution in [0, 0.1) is 23.5 Å². The summed E-state index contributed by atoms with van der Waals surface area (Å²) in [6.07, 6.45) is 18.2. The standard InChI is InChI=1S/C105H149F2N13O22S2/c1-4-5-6-7-8-9-10-11-12-13-14-15-18-29-92(124)116-86(103(136)137)42-43-91(123)110-47-50-140-52-54-142-96(129)31-23-49-139-51-53-141-95(128)30-19-16-17-27-73-34-37-79(63-94(126)127)114-101(134)87(59-76-65-112-84-41-36-78(107)62-82(76)84)117-99(132)74(58-75-64-111-83-40-35-77(106)61-81(75)83)60-90(122)69(2)113-100(133)85(28-20-21-46-108)115-93(125)44-55-143-66-71-25-22-26-72(56-71)67-144-68-89(97(109)130)119-104(138)105(3)45-24-48-120(105)102(135)88(118-98(73)131)57-70-32-38-80(121)39-33-70/h22,25-26,32-33,35-36,38-41,56,61-62,64-65,69,73-74,79,85-89,111-112,121H,4-21,23-24,27-31,34,37,42-55,57-60,63,66-68,108H2,1-3H3,(H2,109,130)(H,110,123)(H,113,133)(H,114,134)(H,115,125)(H,116,124)(H,117,132)(H,118,131)(H,119,138)(H,126,127)(H,136,137)/t69-,73-,74-,79-,85+,86+,87+,88+,89+,105+/m1/s1. The van der Waals surface area contributed by atoms with E-state index in [1.807, 2.05) is 24.3 Å². The summed E-state index contributed by atoms with van der Waals surface area (Å²) < 4.78 is 52.1. The van der Waals surface area contributed by atoms with Gasteiger partial charge in [-0.05, 0) is 180 Å². The Hall–Kier alpha value is -11.6. The predicted molar refractivity (Wildman–Crippen MR) is 544 cm³/mol. The van der Waals surface area contributed by atoms with E-state index in [0.717, 1.165) is 30.4 Å². The summed E-state index contributed by atoms with van der Waals surface area (Å²) in [5, 5.41) is 53.6. The fraction of sp³-hybridized carbons (Fsp3) is 0.590. The molecule has 4 aromatic carbocycles. The second-order valence-corrected chi connectivity index (χ2v) is 39.8. The van der Waals surface area contributed by atoms with Crippen LogP contribution in [0.4, 0.5) is 8.78 Å². The number of nitrogens with zero attached hydrogens (tertiary/aromatic N) is 1. The number of ether oxygens (including phenoxy) is 4. The summed E-state index contributed by atoms with van der Waals surface area (Å²) in [4.78, 5) is 216. The maximum Gasteiger partial charge on any atom is 0.326 e. The number of benzene rings is 4. The monoisotopic (exact) mass is 2050 g/mol. The molecule has 4 heterocycles. The number of aromatic nitrogens is 2. The van der Waals surface area contributed by atoms with Crippen molar-refractivity contribution < 1.29 is 115 Å². The Kier molecular flexibility index (Phi) is 52.6. The number of unbranched alkanes of at least 4 members (excludes halogenated alkanes) is 15. The molecule has 144 heavy (non-hydrogen) atoms. The molecule has 0 aliphatic carbocycles. The molecule has 792 valence electrons. The number of primary amides is 1. The highest BCUT2D eigenvalue weighted by Gasteiger charge is 2.49. The average molecular weight is 2050 g/mol. The second kappa shape index (κ2) is 64.3. The van der Waals surface area contributed by atoms with Gasteiger partial charge in [0.2, 0.25) is 59.1 Å². The lowest BCUT2D eigenvalue weighted by molar-refractivity contribution is -0.147. The number of aromatic hydroxyl groups is 1. The van der Waals surface area contributed by atoms with Gasteiger partial charge in [-0.25, -0.2) is 13.6 Å². The quantitative estimate of drug-likeness (QED) is 0.0125. The zero-order chi connectivity index (χ0) is 104. The SMILES string of the molecule is CCCCCCCCCCCCCCCC(=O)N[C@@H](CCC(=O)NCCOCCOC(=O)CCCOCCOC(=O)CCCCC[C@@H]1CC[C@H](CC(=O)O)NC(=O)[C@H](Cc2c[nH]c3ccc(F)cc23)NC(=O)[C@H](Cc2c[nH]c3ccc(F)cc23)CC(=O)[C@@H](C)NC(=O)[C@H](CCCCN)NC(=O)CCSCc2cccc(c2)CSC[C@@H](C(N)=O)NC(=O)[C@]2(C)CCCN2C(=O)[C@H](Cc2ccc(O)cc2)NC1=O)C(=O)O. The molecule has 0 radical (unpaired) electrons. The van der Waals surface area contributed by atoms with Crippen molar-refractivity contribution in [2.24, 2.45) is 23.3 Å². The number of aromatic amines is 2. The molecule has 2 aromatic heterocycles. The predicted octanol–water partition coefficient (Wildman–Crippen LogP) is 11.4. The van der Waals surface area contributed by atoms with Gasteiger partial charge in [0, 0.05) is 146 Å². The Balaban J connectivity index is 0.922. The first-order valence-corrected chi connectivity index (χ1v) is 53.3. The molecule has 1 fully saturated rings. The van der Waals surface area contributed by atoms with Crippen molar-refractivity contribution >= 4 is 134 Å². The van der Waals surface area contributed by atoms with Gasteiger partial charge in [0.25, 0.3) is 0 Å². The summed E-state index contributed by atoms with van der Waals surface area (Å²) in [5.41, 5.74) is 14.2. The van der Waals surface area contributed by atoms with E-state index in [1.54, 1.807) is 25.3 Å². The second-order valence-electron chi connectivity index (χ2n) is 37.6. The van der Waals surface area contributed by atoms with Crippen molar-refractivity contribution in [3.8, 4) is 5.75 Å². The molecule has 35 nitrogen and oxygen atoms in total. The number of hydrogen-bond donors (Lipinski definition) is 15. The van der Waals surface area contributed by atoms with Crippen LogP contribution in [0.3, 0.4) is 0 Å². The Morgan fingerprint density at radius 3 is 1.79 bits per heavy atom. The molecule has 2 aliphatic heterocycles. The number of phenols is 1. The maximum absolute atomic E-state index is 15.6. The number of thioether (sulfide) groups is 2. The number of nitrogens with two attached hydrogens (primary N) is 2. The maximum atomic E-state index is 15.6. The number of aliphatic carboxylic acids is 2. The summed E-state index contributed by atoms with van der Waals surface area (Å²) in [6.45, 7) is 5.70. The molecular weight excluding hydrogens is 1900 g/mol. The lowest BCUT2D eigenvalue weighted by Crippen LogP contribution is -2.62. The number of carboxylic acids is 2. The number of Topliss-reactive ketones (excluding diaryl/α,β-unsaturated/α-hetero) is 1. The molecule has 10 atom stereocenters. The molecule has 10 amide bonds. The van der Waals surface area contributed by atoms with Gasteiger partial charge in [0.15, 0.2) is 5.78 Å². The summed E-state index contributed by atoms with van der Waals surface area (Å²) in [5.74, 6) is -13.6. The number of nitrogens with one attached hydrogen (secondary N) is 10. The lowest BCUT2D eigenvalue weighted by atomic mass is 9.90. The largest absolute Gasteiger partial charge is 0.508 e. The number of carbonyl (C=O) groups is 15. The molecule has 17 N–H and O–H groups in total. The van der Waals surface area contributed by atoms with Gasteiger partial charge in [-0.2, -0.15) is 23.5 Å². The minimum atomic E-state index is -1.64. The molecule has 0 saturated carbocycles. The Bertz CT molecular complexity index is 5140. The Morgan fingerprint density at radius 2 is 1.16 bits per heavy atom. The molecule has 0 unspecified atom stereocenters. The van der Waals surface area contributed by atoms with E-state index in [9.17, 15) is 68.1 Å². The molecule has 2 bridgehead atoms. The van der Waals surface area contributed by atoms with E-state index in [-0.39, 0.29) is 179 Å². The fourth-order valence-corrected chi connectivity index (χ4v) is 19.6. The third kappa shape index (κ3) is 42.6. The summed E-state index contributed by atoms with van der Waals surface area (Å²) >= 11 is 2.80. The minimum absolute atomic E-state index is 0.00250. The van der Waals surface area contributed by atoms with Gasteiger partial charge in [-0.1, -0.05) is 133 Å². The molecular formula is C105H149F2N13O22S2. The zero-order valence-corrected chi connectivity index (χ0v) is 85.0. The smallest absolute Gasteiger partial charge is 0.326 e. The van der Waals surface area contributed by atoms with Crippen molar-refractivity contribution in [3.63, 3.8) is 0 Å². The molecule has 8 rings (SSSR count). The van der Waals surface area contributed by atoms with Crippen molar-refractivity contribution in [1.82, 2.24) is 57.4 Å². The van der Waals surface area contributed by atoms with Crippen LogP contribution in [0.1, 0.15) is 260 Å². The van der Waals surface area contributed by atoms with E-state index in [0.29, 0.717) is 94.4 Å². The van der Waals surface area contributed by atoms with Crippen molar-refractivity contribution in [3.05, 3.63) is 137 Å². The fourth-order valence-electron chi connectivity index (χ4n) is 17.7. The number of carbonyl (C=O) groups excluding carboxylic acids is 13. The van der Waals surface area contributed by atoms with E-state index in [1.165, 1.54) is 148 Å². The van der Waals surface area contributed by atoms with E-state index < -0.39 is 167 Å². The lowest BCUT2D eigenvalue weighted by Gasteiger charge is -2.37. The van der Waals surface area contributed by atoms with Crippen LogP contribution < -0.4 is 54.0 Å². The third-order valence-corrected chi connectivity index (χ3v) is 28.2. The van der Waals surface area contributed by atoms with E-state index in [2.05, 4.69) is 59.4 Å². The van der Waals surface area contributed by atoms with Crippen LogP contribution in [0.5, 0.6) is 5.75 Å². The van der Waals surface area contributed by atoms with Crippen LogP contribution in [-0.2, 0) is 122 Å². The number of amides is 10. The number of rotatable bonds is 51. The van der Waals surface area contributed by atoms with Gasteiger partial charge < -0.3 is 103 Å². The Labute approximate surface area is 849 Å². The highest BCUT2D eigenvalue weighted by molar-refractivity contribution is 7.98. The van der Waals surface area contributed by atoms with Gasteiger partial charge in [0.1, 0.15) is 66.3 Å².